The van der Waals surface area contributed by atoms with Crippen molar-refractivity contribution in [3.05, 3.63) is 41.4 Å². The maximum atomic E-state index is 4.68. The predicted octanol–water partition coefficient (Wildman–Crippen LogP) is 2.84. The molecule has 5 nitrogen and oxygen atoms in total. The Kier molecular flexibility index (Phi) is 3.50. The predicted molar refractivity (Wildman–Crippen MR) is 80.6 cm³/mol. The molecule has 0 amide bonds. The molecule has 0 aliphatic heterocycles. The molecule has 6 heteroatoms. The van der Waals surface area contributed by atoms with Gasteiger partial charge in [-0.2, -0.15) is 0 Å². The lowest BCUT2D eigenvalue weighted by molar-refractivity contribution is 0.465. The third-order valence-corrected chi connectivity index (χ3v) is 4.53. The Labute approximate surface area is 121 Å². The summed E-state index contributed by atoms with van der Waals surface area (Å²) in [6.45, 7) is 4.22. The van der Waals surface area contributed by atoms with E-state index in [0.29, 0.717) is 0 Å². The molecule has 1 N–H and O–H groups in total. The second-order valence-corrected chi connectivity index (χ2v) is 5.99. The highest BCUT2D eigenvalue weighted by Gasteiger charge is 2.17. The molecular weight excluding hydrogens is 270 g/mol. The lowest BCUT2D eigenvalue weighted by Crippen LogP contribution is -2.24. The largest absolute Gasteiger partial charge is 0.319 e. The van der Waals surface area contributed by atoms with E-state index in [2.05, 4.69) is 40.4 Å². The highest BCUT2D eigenvalue weighted by atomic mass is 32.1. The molecule has 3 rings (SSSR count). The van der Waals surface area contributed by atoms with Gasteiger partial charge in [0.2, 0.25) is 0 Å². The van der Waals surface area contributed by atoms with Gasteiger partial charge in [-0.25, -0.2) is 4.98 Å². The minimum atomic E-state index is 0.129. The van der Waals surface area contributed by atoms with Crippen LogP contribution in [0.5, 0.6) is 0 Å². The van der Waals surface area contributed by atoms with Gasteiger partial charge in [-0.15, -0.1) is 21.5 Å². The van der Waals surface area contributed by atoms with Crippen molar-refractivity contribution in [2.24, 2.45) is 7.05 Å². The zero-order valence-corrected chi connectivity index (χ0v) is 12.6. The van der Waals surface area contributed by atoms with Crippen LogP contribution in [0.3, 0.4) is 0 Å². The molecule has 3 aromatic rings. The van der Waals surface area contributed by atoms with Crippen molar-refractivity contribution >= 4 is 21.6 Å². The number of benzene rings is 1. The first-order valence-electron chi connectivity index (χ1n) is 6.60. The minimum absolute atomic E-state index is 0.129. The molecule has 2 atom stereocenters. The van der Waals surface area contributed by atoms with Crippen LogP contribution in [0.2, 0.25) is 0 Å². The van der Waals surface area contributed by atoms with Gasteiger partial charge in [-0.3, -0.25) is 5.32 Å². The summed E-state index contributed by atoms with van der Waals surface area (Å²) < 4.78 is 3.16. The van der Waals surface area contributed by atoms with E-state index >= 15 is 0 Å². The van der Waals surface area contributed by atoms with E-state index in [9.17, 15) is 0 Å². The van der Waals surface area contributed by atoms with Gasteiger partial charge >= 0.3 is 0 Å². The summed E-state index contributed by atoms with van der Waals surface area (Å²) in [7, 11) is 1.95. The number of hydrogen-bond acceptors (Lipinski definition) is 5. The zero-order chi connectivity index (χ0) is 14.1. The molecule has 20 heavy (non-hydrogen) atoms. The Bertz CT molecular complexity index is 684. The number of hydrogen-bond donors (Lipinski definition) is 1. The minimum Gasteiger partial charge on any atom is -0.319 e. The fraction of sp³-hybridized carbons (Fsp3) is 0.357. The first kappa shape index (κ1) is 13.2. The number of para-hydroxylation sites is 1. The summed E-state index contributed by atoms with van der Waals surface area (Å²) >= 11 is 1.73. The fourth-order valence-corrected chi connectivity index (χ4v) is 3.26. The van der Waals surface area contributed by atoms with Crippen LogP contribution in [0, 0.1) is 0 Å². The van der Waals surface area contributed by atoms with Crippen LogP contribution in [-0.2, 0) is 7.05 Å². The molecule has 0 radical (unpaired) electrons. The standard InChI is InChI=1S/C14H17N5S/c1-9(13-18-15-8-19(13)3)16-10(2)14-17-11-6-4-5-7-12(11)20-14/h4-10,16H,1-3H3. The molecule has 0 saturated carbocycles. The van der Waals surface area contributed by atoms with Gasteiger partial charge in [-0.05, 0) is 26.0 Å². The maximum Gasteiger partial charge on any atom is 0.149 e. The summed E-state index contributed by atoms with van der Waals surface area (Å²) in [5, 5.41) is 12.7. The van der Waals surface area contributed by atoms with E-state index in [1.807, 2.05) is 29.8 Å². The molecule has 104 valence electrons. The molecule has 0 aliphatic carbocycles. The molecule has 0 spiro atoms. The molecular formula is C14H17N5S. The summed E-state index contributed by atoms with van der Waals surface area (Å²) in [6.07, 6.45) is 1.72. The molecule has 2 heterocycles. The van der Waals surface area contributed by atoms with E-state index < -0.39 is 0 Å². The van der Waals surface area contributed by atoms with Crippen LogP contribution >= 0.6 is 11.3 Å². The number of nitrogens with one attached hydrogen (secondary N) is 1. The number of rotatable bonds is 4. The number of aromatic nitrogens is 4. The molecule has 1 aromatic carbocycles. The Hall–Kier alpha value is -1.79. The van der Waals surface area contributed by atoms with Gasteiger partial charge in [0.1, 0.15) is 17.2 Å². The fourth-order valence-electron chi connectivity index (χ4n) is 2.28. The van der Waals surface area contributed by atoms with Gasteiger partial charge in [0, 0.05) is 7.05 Å². The lowest BCUT2D eigenvalue weighted by atomic mass is 10.2. The number of nitrogens with zero attached hydrogens (tertiary/aromatic N) is 4. The van der Waals surface area contributed by atoms with Crippen LogP contribution in [0.4, 0.5) is 0 Å². The summed E-state index contributed by atoms with van der Waals surface area (Å²) in [4.78, 5) is 4.68. The normalized spacial score (nSPS) is 14.6. The topological polar surface area (TPSA) is 55.6 Å². The molecule has 2 unspecified atom stereocenters. The van der Waals surface area contributed by atoms with Crippen LogP contribution in [0.1, 0.15) is 36.8 Å². The van der Waals surface area contributed by atoms with Gasteiger partial charge in [0.15, 0.2) is 0 Å². The maximum absolute atomic E-state index is 4.68. The SMILES string of the molecule is CC(NC(C)c1nncn1C)c1nc2ccccc2s1. The van der Waals surface area contributed by atoms with E-state index in [0.717, 1.165) is 16.3 Å². The van der Waals surface area contributed by atoms with Crippen LogP contribution < -0.4 is 5.32 Å². The number of aryl methyl sites for hydroxylation is 1. The van der Waals surface area contributed by atoms with Crippen molar-refractivity contribution in [2.75, 3.05) is 0 Å². The summed E-state index contributed by atoms with van der Waals surface area (Å²) in [5.41, 5.74) is 1.06. The Morgan fingerprint density at radius 1 is 1.20 bits per heavy atom. The van der Waals surface area contributed by atoms with Gasteiger partial charge in [-0.1, -0.05) is 12.1 Å². The number of fused-ring (bicyclic) bond motifs is 1. The van der Waals surface area contributed by atoms with Crippen molar-refractivity contribution in [1.29, 1.82) is 0 Å². The van der Waals surface area contributed by atoms with Crippen molar-refractivity contribution in [3.63, 3.8) is 0 Å². The average molecular weight is 287 g/mol. The van der Waals surface area contributed by atoms with Crippen molar-refractivity contribution in [2.45, 2.75) is 25.9 Å². The first-order valence-corrected chi connectivity index (χ1v) is 7.42. The van der Waals surface area contributed by atoms with Gasteiger partial charge in [0.05, 0.1) is 22.3 Å². The third kappa shape index (κ3) is 2.44. The average Bonchev–Trinajstić information content (AvgIpc) is 3.04. The number of thiazole rings is 1. The monoisotopic (exact) mass is 287 g/mol. The molecule has 0 aliphatic rings. The Morgan fingerprint density at radius 3 is 2.70 bits per heavy atom. The second kappa shape index (κ2) is 5.30. The molecule has 2 aromatic heterocycles. The first-order chi connectivity index (χ1) is 9.65. The lowest BCUT2D eigenvalue weighted by Gasteiger charge is -2.17. The molecule has 0 saturated heterocycles. The summed E-state index contributed by atoms with van der Waals surface area (Å²) in [6, 6.07) is 8.53. The van der Waals surface area contributed by atoms with Gasteiger partial charge < -0.3 is 4.57 Å². The molecule has 0 bridgehead atoms. The van der Waals surface area contributed by atoms with E-state index in [4.69, 9.17) is 0 Å². The summed E-state index contributed by atoms with van der Waals surface area (Å²) in [5.74, 6) is 0.929. The van der Waals surface area contributed by atoms with Crippen LogP contribution in [0.15, 0.2) is 30.6 Å². The Balaban J connectivity index is 1.79. The smallest absolute Gasteiger partial charge is 0.149 e. The van der Waals surface area contributed by atoms with Crippen molar-refractivity contribution in [1.82, 2.24) is 25.1 Å². The van der Waals surface area contributed by atoms with Crippen molar-refractivity contribution in [3.8, 4) is 0 Å². The third-order valence-electron chi connectivity index (χ3n) is 3.31. The van der Waals surface area contributed by atoms with E-state index in [1.165, 1.54) is 4.70 Å². The zero-order valence-electron chi connectivity index (χ0n) is 11.7. The highest BCUT2D eigenvalue weighted by Crippen LogP contribution is 2.27. The van der Waals surface area contributed by atoms with Crippen LogP contribution in [-0.4, -0.2) is 19.7 Å². The molecule has 0 fully saturated rings. The van der Waals surface area contributed by atoms with E-state index in [1.54, 1.807) is 17.7 Å². The quantitative estimate of drug-likeness (QED) is 0.801. The van der Waals surface area contributed by atoms with Crippen molar-refractivity contribution < 1.29 is 0 Å². The van der Waals surface area contributed by atoms with Gasteiger partial charge in [0.25, 0.3) is 0 Å². The second-order valence-electron chi connectivity index (χ2n) is 4.93. The highest BCUT2D eigenvalue weighted by molar-refractivity contribution is 7.18. The Morgan fingerprint density at radius 2 is 2.00 bits per heavy atom. The van der Waals surface area contributed by atoms with Crippen LogP contribution in [0.25, 0.3) is 10.2 Å². The van der Waals surface area contributed by atoms with E-state index in [-0.39, 0.29) is 12.1 Å².